The van der Waals surface area contributed by atoms with Crippen molar-refractivity contribution in [3.8, 4) is 12.3 Å². The Morgan fingerprint density at radius 2 is 2.58 bits per heavy atom. The molecule has 2 nitrogen and oxygen atoms in total. The van der Waals surface area contributed by atoms with Crippen molar-refractivity contribution in [1.29, 1.82) is 0 Å². The lowest BCUT2D eigenvalue weighted by atomic mass is 10.2. The quantitative estimate of drug-likeness (QED) is 0.525. The number of Topliss-reactive ketones (excluding diaryl/α,β-unsaturated/α-hetero) is 1. The van der Waals surface area contributed by atoms with E-state index in [1.165, 1.54) is 11.3 Å². The molecular formula is C9H9NOS. The first-order valence-electron chi connectivity index (χ1n) is 3.62. The Morgan fingerprint density at radius 1 is 1.83 bits per heavy atom. The molecule has 3 heteroatoms. The fourth-order valence-corrected chi connectivity index (χ4v) is 1.64. The largest absolute Gasteiger partial charge is 0.293 e. The van der Waals surface area contributed by atoms with Gasteiger partial charge in [-0.1, -0.05) is 0 Å². The van der Waals surface area contributed by atoms with Gasteiger partial charge in [0.2, 0.25) is 0 Å². The normalized spacial score (nSPS) is 9.33. The summed E-state index contributed by atoms with van der Waals surface area (Å²) in [5.41, 5.74) is 2.49. The van der Waals surface area contributed by atoms with Gasteiger partial charge in [-0.15, -0.1) is 23.7 Å². The van der Waals surface area contributed by atoms with Gasteiger partial charge in [-0.25, -0.2) is 4.98 Å². The van der Waals surface area contributed by atoms with E-state index < -0.39 is 0 Å². The van der Waals surface area contributed by atoms with Crippen LogP contribution in [0.5, 0.6) is 0 Å². The van der Waals surface area contributed by atoms with Crippen LogP contribution in [0.1, 0.15) is 28.2 Å². The predicted octanol–water partition coefficient (Wildman–Crippen LogP) is 2.05. The van der Waals surface area contributed by atoms with Gasteiger partial charge in [-0.2, -0.15) is 0 Å². The fraction of sp³-hybridized carbons (Fsp3) is 0.333. The maximum absolute atomic E-state index is 11.4. The lowest BCUT2D eigenvalue weighted by Gasteiger charge is -1.93. The molecular weight excluding hydrogens is 170 g/mol. The number of ketones is 1. The van der Waals surface area contributed by atoms with Gasteiger partial charge in [0.1, 0.15) is 0 Å². The molecule has 0 aliphatic rings. The van der Waals surface area contributed by atoms with Gasteiger partial charge >= 0.3 is 0 Å². The average molecular weight is 179 g/mol. The zero-order chi connectivity index (χ0) is 8.97. The number of aromatic nitrogens is 1. The molecule has 0 spiro atoms. The van der Waals surface area contributed by atoms with E-state index in [0.29, 0.717) is 12.8 Å². The molecule has 1 aromatic heterocycles. The molecule has 0 aliphatic heterocycles. The first-order chi connectivity index (χ1) is 5.75. The highest BCUT2D eigenvalue weighted by atomic mass is 32.1. The summed E-state index contributed by atoms with van der Waals surface area (Å²) in [5, 5.41) is 0. The van der Waals surface area contributed by atoms with Crippen LogP contribution in [0, 0.1) is 19.3 Å². The van der Waals surface area contributed by atoms with E-state index in [2.05, 4.69) is 10.9 Å². The molecule has 0 amide bonds. The zero-order valence-electron chi connectivity index (χ0n) is 6.83. The number of carbonyl (C=O) groups is 1. The van der Waals surface area contributed by atoms with Gasteiger partial charge in [0.25, 0.3) is 0 Å². The minimum absolute atomic E-state index is 0.105. The first kappa shape index (κ1) is 8.95. The molecule has 1 heterocycles. The maximum Gasteiger partial charge on any atom is 0.175 e. The van der Waals surface area contributed by atoms with E-state index in [4.69, 9.17) is 6.42 Å². The lowest BCUT2D eigenvalue weighted by Crippen LogP contribution is -1.97. The molecule has 1 rings (SSSR count). The van der Waals surface area contributed by atoms with E-state index in [1.807, 2.05) is 6.92 Å². The van der Waals surface area contributed by atoms with Crippen LogP contribution in [0.2, 0.25) is 0 Å². The van der Waals surface area contributed by atoms with Crippen LogP contribution in [-0.2, 0) is 0 Å². The SMILES string of the molecule is C#CCCC(=O)c1scnc1C. The van der Waals surface area contributed by atoms with E-state index in [1.54, 1.807) is 5.51 Å². The van der Waals surface area contributed by atoms with Crippen molar-refractivity contribution in [2.45, 2.75) is 19.8 Å². The molecule has 0 aliphatic carbocycles. The fourth-order valence-electron chi connectivity index (χ4n) is 0.869. The number of hydrogen-bond donors (Lipinski definition) is 0. The van der Waals surface area contributed by atoms with Gasteiger partial charge in [-0.05, 0) is 6.92 Å². The number of hydrogen-bond acceptors (Lipinski definition) is 3. The molecule has 0 fully saturated rings. The standard InChI is InChI=1S/C9H9NOS/c1-3-4-5-8(11)9-7(2)10-6-12-9/h1,6H,4-5H2,2H3. The molecule has 0 radical (unpaired) electrons. The number of nitrogens with zero attached hydrogens (tertiary/aromatic N) is 1. The van der Waals surface area contributed by atoms with Crippen LogP contribution in [0.15, 0.2) is 5.51 Å². The van der Waals surface area contributed by atoms with E-state index in [0.717, 1.165) is 10.6 Å². The lowest BCUT2D eigenvalue weighted by molar-refractivity contribution is 0.0987. The van der Waals surface area contributed by atoms with Gasteiger partial charge in [0.15, 0.2) is 5.78 Å². The van der Waals surface area contributed by atoms with E-state index >= 15 is 0 Å². The summed E-state index contributed by atoms with van der Waals surface area (Å²) in [6.45, 7) is 1.83. The average Bonchev–Trinajstić information content (AvgIpc) is 2.47. The summed E-state index contributed by atoms with van der Waals surface area (Å²) in [4.78, 5) is 16.1. The summed E-state index contributed by atoms with van der Waals surface area (Å²) in [5.74, 6) is 2.55. The summed E-state index contributed by atoms with van der Waals surface area (Å²) in [6, 6.07) is 0. The third kappa shape index (κ3) is 1.93. The summed E-state index contributed by atoms with van der Waals surface area (Å²) in [7, 11) is 0. The van der Waals surface area contributed by atoms with E-state index in [9.17, 15) is 4.79 Å². The van der Waals surface area contributed by atoms with Gasteiger partial charge in [0, 0.05) is 12.8 Å². The summed E-state index contributed by atoms with van der Waals surface area (Å²) in [6.07, 6.45) is 5.99. The van der Waals surface area contributed by atoms with Crippen LogP contribution in [0.3, 0.4) is 0 Å². The highest BCUT2D eigenvalue weighted by Crippen LogP contribution is 2.14. The highest BCUT2D eigenvalue weighted by molar-refractivity contribution is 7.11. The van der Waals surface area contributed by atoms with E-state index in [-0.39, 0.29) is 5.78 Å². The van der Waals surface area contributed by atoms with Crippen molar-refractivity contribution in [3.63, 3.8) is 0 Å². The third-order valence-corrected chi connectivity index (χ3v) is 2.46. The Labute approximate surface area is 75.6 Å². The van der Waals surface area contributed by atoms with Crippen molar-refractivity contribution in [2.24, 2.45) is 0 Å². The Balaban J connectivity index is 2.67. The second-order valence-electron chi connectivity index (χ2n) is 2.39. The molecule has 1 aromatic rings. The van der Waals surface area contributed by atoms with Gasteiger partial charge < -0.3 is 0 Å². The minimum Gasteiger partial charge on any atom is -0.293 e. The Hall–Kier alpha value is -1.14. The first-order valence-corrected chi connectivity index (χ1v) is 4.50. The van der Waals surface area contributed by atoms with Crippen molar-refractivity contribution in [1.82, 2.24) is 4.98 Å². The molecule has 0 atom stereocenters. The molecule has 0 aromatic carbocycles. The van der Waals surface area contributed by atoms with Crippen molar-refractivity contribution < 1.29 is 4.79 Å². The van der Waals surface area contributed by atoms with Crippen LogP contribution < -0.4 is 0 Å². The third-order valence-electron chi connectivity index (χ3n) is 1.50. The number of terminal acetylenes is 1. The highest BCUT2D eigenvalue weighted by Gasteiger charge is 2.09. The number of rotatable bonds is 3. The number of aryl methyl sites for hydroxylation is 1. The zero-order valence-corrected chi connectivity index (χ0v) is 7.65. The second kappa shape index (κ2) is 4.03. The molecule has 62 valence electrons. The Bertz CT molecular complexity index is 322. The van der Waals surface area contributed by atoms with Crippen LogP contribution in [0.4, 0.5) is 0 Å². The maximum atomic E-state index is 11.4. The molecule has 0 bridgehead atoms. The summed E-state index contributed by atoms with van der Waals surface area (Å²) < 4.78 is 0. The number of thiazole rings is 1. The van der Waals surface area contributed by atoms with Gasteiger partial charge in [0.05, 0.1) is 16.1 Å². The van der Waals surface area contributed by atoms with Crippen molar-refractivity contribution in [3.05, 3.63) is 16.1 Å². The second-order valence-corrected chi connectivity index (χ2v) is 3.25. The predicted molar refractivity (Wildman–Crippen MR) is 49.2 cm³/mol. The Kier molecular flexibility index (Phi) is 3.01. The van der Waals surface area contributed by atoms with Crippen LogP contribution in [0.25, 0.3) is 0 Å². The molecule has 0 unspecified atom stereocenters. The molecule has 0 N–H and O–H groups in total. The number of carbonyl (C=O) groups excluding carboxylic acids is 1. The van der Waals surface area contributed by atoms with Crippen molar-refractivity contribution >= 4 is 17.1 Å². The Morgan fingerprint density at radius 3 is 3.08 bits per heavy atom. The van der Waals surface area contributed by atoms with Crippen LogP contribution >= 0.6 is 11.3 Å². The minimum atomic E-state index is 0.105. The van der Waals surface area contributed by atoms with Gasteiger partial charge in [-0.3, -0.25) is 4.79 Å². The molecule has 0 saturated carbocycles. The summed E-state index contributed by atoms with van der Waals surface area (Å²) >= 11 is 1.38. The molecule has 12 heavy (non-hydrogen) atoms. The van der Waals surface area contributed by atoms with Crippen molar-refractivity contribution in [2.75, 3.05) is 0 Å². The topological polar surface area (TPSA) is 30.0 Å². The molecule has 0 saturated heterocycles. The monoisotopic (exact) mass is 179 g/mol. The smallest absolute Gasteiger partial charge is 0.175 e. The van der Waals surface area contributed by atoms with Crippen LogP contribution in [-0.4, -0.2) is 10.8 Å².